The van der Waals surface area contributed by atoms with E-state index in [9.17, 15) is 0 Å². The maximum atomic E-state index is 3.73. The van der Waals surface area contributed by atoms with E-state index in [-0.39, 0.29) is 0 Å². The number of hydrogen-bond acceptors (Lipinski definition) is 0. The zero-order valence-electron chi connectivity index (χ0n) is 9.24. The molecule has 0 atom stereocenters. The van der Waals surface area contributed by atoms with Crippen LogP contribution in [0.15, 0.2) is 37.2 Å². The van der Waals surface area contributed by atoms with Gasteiger partial charge in [-0.05, 0) is 30.4 Å². The normalized spacial score (nSPS) is 10.5. The second-order valence-corrected chi connectivity index (χ2v) is 3.63. The summed E-state index contributed by atoms with van der Waals surface area (Å²) in [4.78, 5) is 0. The Bertz CT molecular complexity index is 270. The first kappa shape index (κ1) is 11.0. The summed E-state index contributed by atoms with van der Waals surface area (Å²) in [5.41, 5.74) is 1.45. The summed E-state index contributed by atoms with van der Waals surface area (Å²) in [6.07, 6.45) is 8.63. The Morgan fingerprint density at radius 2 is 1.86 bits per heavy atom. The molecule has 0 aromatic carbocycles. The molecule has 0 aliphatic carbocycles. The highest BCUT2D eigenvalue weighted by atomic mass is 14.9. The van der Waals surface area contributed by atoms with Crippen LogP contribution >= 0.6 is 0 Å². The van der Waals surface area contributed by atoms with E-state index in [1.54, 1.807) is 0 Å². The predicted molar refractivity (Wildman–Crippen MR) is 60.2 cm³/mol. The maximum absolute atomic E-state index is 3.73. The first-order valence-electron chi connectivity index (χ1n) is 5.41. The lowest BCUT2D eigenvalue weighted by molar-refractivity contribution is -0.687. The molecule has 1 nitrogen and oxygen atoms in total. The largest absolute Gasteiger partial charge is 0.201 e. The molecule has 0 aliphatic heterocycles. The smallest absolute Gasteiger partial charge is 0.169 e. The Morgan fingerprint density at radius 3 is 2.29 bits per heavy atom. The number of allylic oxidation sites excluding steroid dienone is 1. The number of hydrogen-bond donors (Lipinski definition) is 0. The number of aromatic nitrogens is 1. The molecule has 0 saturated heterocycles. The highest BCUT2D eigenvalue weighted by molar-refractivity contribution is 5.13. The van der Waals surface area contributed by atoms with Gasteiger partial charge < -0.3 is 0 Å². The summed E-state index contributed by atoms with van der Waals surface area (Å²) < 4.78 is 2.14. The van der Waals surface area contributed by atoms with Gasteiger partial charge in [-0.1, -0.05) is 20.4 Å². The summed E-state index contributed by atoms with van der Waals surface area (Å²) >= 11 is 0. The van der Waals surface area contributed by atoms with Crippen LogP contribution in [0.25, 0.3) is 0 Å². The minimum atomic E-state index is 0.716. The fourth-order valence-corrected chi connectivity index (χ4v) is 1.77. The van der Waals surface area contributed by atoms with Crippen molar-refractivity contribution in [2.75, 3.05) is 0 Å². The van der Waals surface area contributed by atoms with E-state index in [2.05, 4.69) is 49.5 Å². The van der Waals surface area contributed by atoms with Gasteiger partial charge in [0.25, 0.3) is 0 Å². The molecule has 0 spiro atoms. The van der Waals surface area contributed by atoms with Crippen LogP contribution in [0.2, 0.25) is 0 Å². The van der Waals surface area contributed by atoms with E-state index < -0.39 is 0 Å². The molecule has 1 heteroatoms. The summed E-state index contributed by atoms with van der Waals surface area (Å²) in [7, 11) is 0. The van der Waals surface area contributed by atoms with E-state index in [0.717, 1.165) is 6.54 Å². The van der Waals surface area contributed by atoms with Crippen LogP contribution in [0.1, 0.15) is 38.2 Å². The minimum absolute atomic E-state index is 0.716. The van der Waals surface area contributed by atoms with Gasteiger partial charge in [0.15, 0.2) is 18.9 Å². The number of rotatable bonds is 5. The van der Waals surface area contributed by atoms with Gasteiger partial charge >= 0.3 is 0 Å². The number of nitrogens with zero attached hydrogens (tertiary/aromatic N) is 1. The monoisotopic (exact) mass is 190 g/mol. The molecule has 1 aromatic heterocycles. The van der Waals surface area contributed by atoms with Crippen LogP contribution in [-0.4, -0.2) is 0 Å². The molecular formula is C13H20N+. The van der Waals surface area contributed by atoms with Crippen molar-refractivity contribution in [1.29, 1.82) is 0 Å². The lowest BCUT2D eigenvalue weighted by Crippen LogP contribution is -2.31. The fourth-order valence-electron chi connectivity index (χ4n) is 1.77. The second kappa shape index (κ2) is 5.58. The van der Waals surface area contributed by atoms with Crippen LogP contribution in [0.3, 0.4) is 0 Å². The third-order valence-electron chi connectivity index (χ3n) is 2.71. The van der Waals surface area contributed by atoms with Crippen molar-refractivity contribution in [2.24, 2.45) is 0 Å². The molecule has 0 radical (unpaired) electrons. The molecule has 1 heterocycles. The molecule has 0 aliphatic rings. The average Bonchev–Trinajstić information content (AvgIpc) is 2.23. The molecule has 0 N–H and O–H groups in total. The molecule has 0 bridgehead atoms. The van der Waals surface area contributed by atoms with Crippen LogP contribution in [0, 0.1) is 0 Å². The highest BCUT2D eigenvalue weighted by Gasteiger charge is 2.07. The summed E-state index contributed by atoms with van der Waals surface area (Å²) in [6.45, 7) is 9.12. The van der Waals surface area contributed by atoms with Gasteiger partial charge in [-0.15, -0.1) is 0 Å². The Hall–Kier alpha value is -1.11. The van der Waals surface area contributed by atoms with E-state index in [0.29, 0.717) is 5.92 Å². The summed E-state index contributed by atoms with van der Waals surface area (Å²) in [5, 5.41) is 0. The van der Waals surface area contributed by atoms with Crippen molar-refractivity contribution in [3.05, 3.63) is 42.7 Å². The Kier molecular flexibility index (Phi) is 4.37. The first-order chi connectivity index (χ1) is 6.81. The van der Waals surface area contributed by atoms with Gasteiger partial charge in [0, 0.05) is 12.1 Å². The van der Waals surface area contributed by atoms with Crippen molar-refractivity contribution in [2.45, 2.75) is 39.2 Å². The van der Waals surface area contributed by atoms with Gasteiger partial charge in [-0.3, -0.25) is 0 Å². The Morgan fingerprint density at radius 1 is 1.29 bits per heavy atom. The second-order valence-electron chi connectivity index (χ2n) is 3.63. The standard InChI is InChI=1S/C13H20N/c1-4-9-14-10-7-13(8-11-14)12(5-2)6-3/h4,7-8,10-12H,1,5-6,9H2,2-3H3/q+1. The zero-order valence-corrected chi connectivity index (χ0v) is 9.24. The van der Waals surface area contributed by atoms with Crippen LogP contribution in [0.4, 0.5) is 0 Å². The van der Waals surface area contributed by atoms with Gasteiger partial charge in [0.05, 0.1) is 0 Å². The molecule has 1 rings (SSSR count). The topological polar surface area (TPSA) is 3.88 Å². The zero-order chi connectivity index (χ0) is 10.4. The molecule has 0 saturated carbocycles. The lowest BCUT2D eigenvalue weighted by Gasteiger charge is -2.10. The minimum Gasteiger partial charge on any atom is -0.201 e. The molecule has 14 heavy (non-hydrogen) atoms. The maximum Gasteiger partial charge on any atom is 0.169 e. The van der Waals surface area contributed by atoms with Crippen molar-refractivity contribution < 1.29 is 4.57 Å². The SMILES string of the molecule is C=CC[n+]1ccc(C(CC)CC)cc1. The molecular weight excluding hydrogens is 170 g/mol. The van der Waals surface area contributed by atoms with Gasteiger partial charge in [-0.25, -0.2) is 4.57 Å². The van der Waals surface area contributed by atoms with E-state index >= 15 is 0 Å². The van der Waals surface area contributed by atoms with E-state index in [1.165, 1.54) is 18.4 Å². The van der Waals surface area contributed by atoms with Gasteiger partial charge in [0.2, 0.25) is 0 Å². The van der Waals surface area contributed by atoms with Crippen molar-refractivity contribution >= 4 is 0 Å². The Labute approximate surface area is 87.1 Å². The number of pyridine rings is 1. The van der Waals surface area contributed by atoms with Crippen LogP contribution < -0.4 is 4.57 Å². The van der Waals surface area contributed by atoms with Crippen molar-refractivity contribution in [1.82, 2.24) is 0 Å². The molecule has 0 fully saturated rings. The van der Waals surface area contributed by atoms with Crippen LogP contribution in [0.5, 0.6) is 0 Å². The van der Waals surface area contributed by atoms with E-state index in [1.807, 2.05) is 6.08 Å². The third-order valence-corrected chi connectivity index (χ3v) is 2.71. The first-order valence-corrected chi connectivity index (χ1v) is 5.41. The fraction of sp³-hybridized carbons (Fsp3) is 0.462. The lowest BCUT2D eigenvalue weighted by atomic mass is 9.95. The van der Waals surface area contributed by atoms with Crippen LogP contribution in [-0.2, 0) is 6.54 Å². The molecule has 76 valence electrons. The summed E-state index contributed by atoms with van der Waals surface area (Å²) in [5.74, 6) is 0.716. The quantitative estimate of drug-likeness (QED) is 0.496. The van der Waals surface area contributed by atoms with Gasteiger partial charge in [0.1, 0.15) is 0 Å². The van der Waals surface area contributed by atoms with Crippen molar-refractivity contribution in [3.63, 3.8) is 0 Å². The van der Waals surface area contributed by atoms with Gasteiger partial charge in [-0.2, -0.15) is 0 Å². The molecule has 0 amide bonds. The highest BCUT2D eigenvalue weighted by Crippen LogP contribution is 2.21. The van der Waals surface area contributed by atoms with E-state index in [4.69, 9.17) is 0 Å². The summed E-state index contributed by atoms with van der Waals surface area (Å²) in [6, 6.07) is 4.45. The van der Waals surface area contributed by atoms with Crippen molar-refractivity contribution in [3.8, 4) is 0 Å². The predicted octanol–water partition coefficient (Wildman–Crippen LogP) is 3.06. The molecule has 0 unspecified atom stereocenters. The average molecular weight is 190 g/mol. The Balaban J connectivity index is 2.76. The molecule has 1 aromatic rings. The third kappa shape index (κ3) is 2.69.